The molecule has 0 radical (unpaired) electrons. The van der Waals surface area contributed by atoms with Gasteiger partial charge < -0.3 is 9.57 Å². The number of nitrogens with zero attached hydrogens (tertiary/aromatic N) is 1. The summed E-state index contributed by atoms with van der Waals surface area (Å²) in [6, 6.07) is 17.3. The van der Waals surface area contributed by atoms with Crippen molar-refractivity contribution in [2.45, 2.75) is 26.2 Å². The van der Waals surface area contributed by atoms with Crippen LogP contribution in [-0.4, -0.2) is 18.8 Å². The summed E-state index contributed by atoms with van der Waals surface area (Å²) in [5.41, 5.74) is 4.74. The van der Waals surface area contributed by atoms with Crippen molar-refractivity contribution in [3.63, 3.8) is 0 Å². The van der Waals surface area contributed by atoms with Crippen LogP contribution in [0.15, 0.2) is 59.8 Å². The Kier molecular flexibility index (Phi) is 4.63. The van der Waals surface area contributed by atoms with Gasteiger partial charge in [-0.2, -0.15) is 0 Å². The molecule has 0 aliphatic heterocycles. The molecule has 4 nitrogen and oxygen atoms in total. The molecule has 0 spiro atoms. The van der Waals surface area contributed by atoms with Crippen molar-refractivity contribution in [3.8, 4) is 5.75 Å². The van der Waals surface area contributed by atoms with Crippen LogP contribution in [0.3, 0.4) is 0 Å². The van der Waals surface area contributed by atoms with E-state index in [2.05, 4.69) is 12.1 Å². The van der Waals surface area contributed by atoms with Crippen LogP contribution in [0.25, 0.3) is 10.8 Å². The average molecular weight is 359 g/mol. The fourth-order valence-electron chi connectivity index (χ4n) is 3.76. The van der Waals surface area contributed by atoms with E-state index in [4.69, 9.17) is 9.57 Å². The maximum absolute atomic E-state index is 12.6. The number of benzene rings is 3. The van der Waals surface area contributed by atoms with Crippen molar-refractivity contribution in [1.82, 2.24) is 0 Å². The van der Waals surface area contributed by atoms with Crippen LogP contribution in [0.2, 0.25) is 0 Å². The van der Waals surface area contributed by atoms with E-state index in [1.807, 2.05) is 48.5 Å². The van der Waals surface area contributed by atoms with Gasteiger partial charge in [0.1, 0.15) is 5.75 Å². The lowest BCUT2D eigenvalue weighted by molar-refractivity contribution is 0.0518. The molecule has 1 aliphatic rings. The molecule has 0 aromatic heterocycles. The van der Waals surface area contributed by atoms with Gasteiger partial charge in [-0.3, -0.25) is 0 Å². The van der Waals surface area contributed by atoms with Crippen LogP contribution < -0.4 is 4.74 Å². The first-order chi connectivity index (χ1) is 13.2. The van der Waals surface area contributed by atoms with Gasteiger partial charge in [-0.1, -0.05) is 41.6 Å². The van der Waals surface area contributed by atoms with Gasteiger partial charge in [0, 0.05) is 5.56 Å². The van der Waals surface area contributed by atoms with Gasteiger partial charge in [0.15, 0.2) is 0 Å². The molecule has 0 bridgehead atoms. The average Bonchev–Trinajstić information content (AvgIpc) is 2.72. The predicted octanol–water partition coefficient (Wildman–Crippen LogP) is 5.05. The van der Waals surface area contributed by atoms with Crippen LogP contribution in [0.5, 0.6) is 5.75 Å². The third kappa shape index (κ3) is 3.19. The van der Waals surface area contributed by atoms with Gasteiger partial charge in [0.05, 0.1) is 18.4 Å². The summed E-state index contributed by atoms with van der Waals surface area (Å²) in [6.45, 7) is 2.06. The zero-order valence-electron chi connectivity index (χ0n) is 15.5. The van der Waals surface area contributed by atoms with E-state index >= 15 is 0 Å². The van der Waals surface area contributed by atoms with Gasteiger partial charge in [-0.05, 0) is 66.3 Å². The van der Waals surface area contributed by atoms with Gasteiger partial charge >= 0.3 is 5.97 Å². The summed E-state index contributed by atoms with van der Waals surface area (Å²) in [7, 11) is 1.68. The van der Waals surface area contributed by atoms with E-state index in [9.17, 15) is 4.79 Å². The molecular weight excluding hydrogens is 338 g/mol. The summed E-state index contributed by atoms with van der Waals surface area (Å²) in [4.78, 5) is 18.0. The number of fused-ring (bicyclic) bond motifs is 2. The quantitative estimate of drug-likeness (QED) is 0.485. The van der Waals surface area contributed by atoms with Crippen molar-refractivity contribution in [3.05, 3.63) is 76.9 Å². The summed E-state index contributed by atoms with van der Waals surface area (Å²) < 4.78 is 5.42. The first-order valence-corrected chi connectivity index (χ1v) is 9.12. The SMILES string of the molecule is COc1ccc2c(c1C)CCC/C2=N/OC(=O)c1cccc2ccccc12. The zero-order valence-corrected chi connectivity index (χ0v) is 15.5. The van der Waals surface area contributed by atoms with Crippen LogP contribution in [-0.2, 0) is 11.3 Å². The van der Waals surface area contributed by atoms with E-state index < -0.39 is 5.97 Å². The highest BCUT2D eigenvalue weighted by Crippen LogP contribution is 2.31. The maximum Gasteiger partial charge on any atom is 0.366 e. The van der Waals surface area contributed by atoms with Gasteiger partial charge in [-0.15, -0.1) is 0 Å². The van der Waals surface area contributed by atoms with Crippen LogP contribution >= 0.6 is 0 Å². The number of rotatable bonds is 3. The number of ether oxygens (including phenoxy) is 1. The molecule has 3 aromatic rings. The molecule has 0 amide bonds. The van der Waals surface area contributed by atoms with E-state index in [0.29, 0.717) is 5.56 Å². The lowest BCUT2D eigenvalue weighted by Crippen LogP contribution is -2.15. The highest BCUT2D eigenvalue weighted by atomic mass is 16.7. The minimum atomic E-state index is -0.434. The number of carbonyl (C=O) groups excluding carboxylic acids is 1. The number of carbonyl (C=O) groups is 1. The van der Waals surface area contributed by atoms with Crippen LogP contribution in [0, 0.1) is 6.92 Å². The molecule has 0 heterocycles. The first kappa shape index (κ1) is 17.3. The van der Waals surface area contributed by atoms with Crippen molar-refractivity contribution in [1.29, 1.82) is 0 Å². The van der Waals surface area contributed by atoms with E-state index in [0.717, 1.165) is 52.6 Å². The highest BCUT2D eigenvalue weighted by Gasteiger charge is 2.21. The number of oxime groups is 1. The summed E-state index contributed by atoms with van der Waals surface area (Å²) in [5.74, 6) is 0.444. The molecule has 0 atom stereocenters. The number of hydrogen-bond donors (Lipinski definition) is 0. The lowest BCUT2D eigenvalue weighted by atomic mass is 9.87. The molecule has 0 fully saturated rings. The standard InChI is InChI=1S/C23H21NO3/c1-15-17-10-6-12-21(19(17)13-14-22(15)26-2)24-27-23(25)20-11-5-8-16-7-3-4-9-18(16)20/h3-5,7-9,11,13-14H,6,10,12H2,1-2H3/b24-21-. The number of hydrogen-bond acceptors (Lipinski definition) is 4. The third-order valence-corrected chi connectivity index (χ3v) is 5.17. The van der Waals surface area contributed by atoms with Crippen molar-refractivity contribution < 1.29 is 14.4 Å². The minimum absolute atomic E-state index is 0.434. The normalized spacial score (nSPS) is 14.8. The van der Waals surface area contributed by atoms with Gasteiger partial charge in [-0.25, -0.2) is 4.79 Å². The lowest BCUT2D eigenvalue weighted by Gasteiger charge is -2.21. The van der Waals surface area contributed by atoms with Gasteiger partial charge in [0.2, 0.25) is 0 Å². The molecule has 1 aliphatic carbocycles. The molecule has 4 rings (SSSR count). The fraction of sp³-hybridized carbons (Fsp3) is 0.217. The first-order valence-electron chi connectivity index (χ1n) is 9.12. The molecular formula is C23H21NO3. The van der Waals surface area contributed by atoms with Crippen molar-refractivity contribution in [2.24, 2.45) is 5.16 Å². The Morgan fingerprint density at radius 1 is 1.00 bits per heavy atom. The molecule has 0 N–H and O–H groups in total. The Hall–Kier alpha value is -3.14. The Labute approximate surface area is 158 Å². The highest BCUT2D eigenvalue weighted by molar-refractivity contribution is 6.06. The molecule has 4 heteroatoms. The second-order valence-electron chi connectivity index (χ2n) is 6.72. The Balaban J connectivity index is 1.64. The summed E-state index contributed by atoms with van der Waals surface area (Å²) in [5, 5.41) is 6.11. The topological polar surface area (TPSA) is 47.9 Å². The smallest absolute Gasteiger partial charge is 0.366 e. The predicted molar refractivity (Wildman–Crippen MR) is 107 cm³/mol. The van der Waals surface area contributed by atoms with Gasteiger partial charge in [0.25, 0.3) is 0 Å². The number of methoxy groups -OCH3 is 1. The molecule has 0 unspecified atom stereocenters. The van der Waals surface area contributed by atoms with Crippen LogP contribution in [0.1, 0.15) is 39.9 Å². The Morgan fingerprint density at radius 2 is 1.81 bits per heavy atom. The molecule has 0 saturated heterocycles. The van der Waals surface area contributed by atoms with Crippen LogP contribution in [0.4, 0.5) is 0 Å². The van der Waals surface area contributed by atoms with Crippen molar-refractivity contribution >= 4 is 22.5 Å². The Morgan fingerprint density at radius 3 is 2.67 bits per heavy atom. The van der Waals surface area contributed by atoms with E-state index in [1.54, 1.807) is 13.2 Å². The molecule has 136 valence electrons. The minimum Gasteiger partial charge on any atom is -0.496 e. The largest absolute Gasteiger partial charge is 0.496 e. The third-order valence-electron chi connectivity index (χ3n) is 5.17. The summed E-state index contributed by atoms with van der Waals surface area (Å²) in [6.07, 6.45) is 2.75. The van der Waals surface area contributed by atoms with Crippen molar-refractivity contribution in [2.75, 3.05) is 7.11 Å². The molecule has 27 heavy (non-hydrogen) atoms. The fourth-order valence-corrected chi connectivity index (χ4v) is 3.76. The zero-order chi connectivity index (χ0) is 18.8. The second kappa shape index (κ2) is 7.23. The van der Waals surface area contributed by atoms with E-state index in [1.165, 1.54) is 5.56 Å². The summed E-state index contributed by atoms with van der Waals surface area (Å²) >= 11 is 0. The maximum atomic E-state index is 12.6. The molecule has 0 saturated carbocycles. The Bertz CT molecular complexity index is 1050. The van der Waals surface area contributed by atoms with E-state index in [-0.39, 0.29) is 0 Å². The second-order valence-corrected chi connectivity index (χ2v) is 6.72. The monoisotopic (exact) mass is 359 g/mol. The molecule has 3 aromatic carbocycles.